The van der Waals surface area contributed by atoms with Gasteiger partial charge in [0.2, 0.25) is 0 Å². The van der Waals surface area contributed by atoms with Crippen LogP contribution < -0.4 is 5.32 Å². The molecule has 0 unspecified atom stereocenters. The van der Waals surface area contributed by atoms with Crippen LogP contribution in [0.1, 0.15) is 41.6 Å². The minimum absolute atomic E-state index is 0.0211. The van der Waals surface area contributed by atoms with E-state index in [2.05, 4.69) is 21.2 Å². The highest BCUT2D eigenvalue weighted by Gasteiger charge is 2.33. The van der Waals surface area contributed by atoms with Gasteiger partial charge in [0.05, 0.1) is 0 Å². The van der Waals surface area contributed by atoms with Crippen molar-refractivity contribution in [2.75, 3.05) is 11.9 Å². The Morgan fingerprint density at radius 1 is 1.42 bits per heavy atom. The van der Waals surface area contributed by atoms with Crippen molar-refractivity contribution in [1.82, 2.24) is 5.32 Å². The average molecular weight is 345 g/mol. The maximum atomic E-state index is 12.2. The first-order valence-corrected chi connectivity index (χ1v) is 8.17. The molecule has 0 aromatic heterocycles. The summed E-state index contributed by atoms with van der Waals surface area (Å²) in [5.41, 5.74) is 1.87. The Kier molecular flexibility index (Phi) is 4.91. The van der Waals surface area contributed by atoms with Gasteiger partial charge in [-0.05, 0) is 42.9 Å². The van der Waals surface area contributed by atoms with E-state index in [9.17, 15) is 4.79 Å². The van der Waals surface area contributed by atoms with Crippen LogP contribution in [0.3, 0.4) is 0 Å². The molecule has 0 spiro atoms. The lowest BCUT2D eigenvalue weighted by Crippen LogP contribution is -2.37. The summed E-state index contributed by atoms with van der Waals surface area (Å²) >= 11 is 9.55. The van der Waals surface area contributed by atoms with Gasteiger partial charge in [-0.25, -0.2) is 0 Å². The number of aryl methyl sites for hydroxylation is 1. The molecule has 0 radical (unpaired) electrons. The fourth-order valence-corrected chi connectivity index (χ4v) is 3.62. The summed E-state index contributed by atoms with van der Waals surface area (Å²) in [4.78, 5) is 12.2. The molecule has 19 heavy (non-hydrogen) atoms. The summed E-state index contributed by atoms with van der Waals surface area (Å²) in [6, 6.07) is 5.43. The fourth-order valence-electron chi connectivity index (χ4n) is 2.68. The van der Waals surface area contributed by atoms with Crippen molar-refractivity contribution in [3.63, 3.8) is 0 Å². The molecule has 4 heteroatoms. The first-order chi connectivity index (χ1) is 9.06. The Morgan fingerprint density at radius 3 is 2.74 bits per heavy atom. The number of nitrogens with one attached hydrogen (secondary N) is 1. The number of hydrogen-bond donors (Lipinski definition) is 1. The van der Waals surface area contributed by atoms with Crippen molar-refractivity contribution in [3.8, 4) is 0 Å². The van der Waals surface area contributed by atoms with Crippen LogP contribution in [-0.4, -0.2) is 17.8 Å². The molecule has 1 aliphatic carbocycles. The summed E-state index contributed by atoms with van der Waals surface area (Å²) in [5, 5.41) is 4.63. The Bertz CT molecular complexity index is 469. The van der Waals surface area contributed by atoms with Crippen molar-refractivity contribution < 1.29 is 4.79 Å². The quantitative estimate of drug-likeness (QED) is 0.809. The molecule has 0 saturated heterocycles. The van der Waals surface area contributed by atoms with Gasteiger partial charge >= 0.3 is 0 Å². The molecular weight excluding hydrogens is 326 g/mol. The van der Waals surface area contributed by atoms with Crippen LogP contribution in [0.4, 0.5) is 0 Å². The molecular formula is C15H19BrClNO. The average Bonchev–Trinajstić information content (AvgIpc) is 2.88. The van der Waals surface area contributed by atoms with Crippen molar-refractivity contribution in [3.05, 3.63) is 34.3 Å². The normalized spacial score (nSPS) is 17.4. The first-order valence-electron chi connectivity index (χ1n) is 6.67. The summed E-state index contributed by atoms with van der Waals surface area (Å²) in [5.74, 6) is -0.0211. The Balaban J connectivity index is 2.03. The third-order valence-electron chi connectivity index (χ3n) is 4.02. The van der Waals surface area contributed by atoms with E-state index in [4.69, 9.17) is 11.6 Å². The second kappa shape index (κ2) is 6.27. The molecule has 1 aliphatic rings. The molecule has 0 bridgehead atoms. The van der Waals surface area contributed by atoms with Crippen molar-refractivity contribution >= 4 is 33.4 Å². The lowest BCUT2D eigenvalue weighted by Gasteiger charge is -2.26. The standard InChI is InChI=1S/C15H19BrClNO/c1-11-4-5-12(17)8-13(11)14(19)18-10-15(9-16)6-2-3-7-15/h4-5,8H,2-3,6-7,9-10H2,1H3,(H,18,19). The van der Waals surface area contributed by atoms with Gasteiger partial charge in [0.1, 0.15) is 0 Å². The van der Waals surface area contributed by atoms with Gasteiger partial charge in [0.15, 0.2) is 0 Å². The minimum Gasteiger partial charge on any atom is -0.351 e. The Hall–Kier alpha value is -0.540. The third-order valence-corrected chi connectivity index (χ3v) is 5.44. The van der Waals surface area contributed by atoms with E-state index < -0.39 is 0 Å². The van der Waals surface area contributed by atoms with E-state index in [1.807, 2.05) is 19.1 Å². The maximum absolute atomic E-state index is 12.2. The number of rotatable bonds is 4. The zero-order chi connectivity index (χ0) is 13.9. The minimum atomic E-state index is -0.0211. The molecule has 2 nitrogen and oxygen atoms in total. The number of amides is 1. The molecule has 1 aromatic rings. The van der Waals surface area contributed by atoms with E-state index in [0.717, 1.165) is 17.4 Å². The number of alkyl halides is 1. The van der Waals surface area contributed by atoms with Gasteiger partial charge in [-0.1, -0.05) is 46.4 Å². The molecule has 0 aliphatic heterocycles. The van der Waals surface area contributed by atoms with E-state index >= 15 is 0 Å². The van der Waals surface area contributed by atoms with Crippen LogP contribution in [0.2, 0.25) is 5.02 Å². The van der Waals surface area contributed by atoms with E-state index in [1.165, 1.54) is 25.7 Å². The van der Waals surface area contributed by atoms with Gasteiger partial charge in [-0.3, -0.25) is 4.79 Å². The summed E-state index contributed by atoms with van der Waals surface area (Å²) in [6.45, 7) is 2.67. The Morgan fingerprint density at radius 2 is 2.11 bits per heavy atom. The van der Waals surface area contributed by atoms with E-state index in [0.29, 0.717) is 10.6 Å². The molecule has 1 saturated carbocycles. The van der Waals surface area contributed by atoms with Gasteiger partial charge < -0.3 is 5.32 Å². The van der Waals surface area contributed by atoms with Crippen molar-refractivity contribution in [2.45, 2.75) is 32.6 Å². The molecule has 0 heterocycles. The third kappa shape index (κ3) is 3.51. The summed E-state index contributed by atoms with van der Waals surface area (Å²) in [7, 11) is 0. The van der Waals surface area contributed by atoms with Crippen LogP contribution in [-0.2, 0) is 0 Å². The molecule has 1 fully saturated rings. The van der Waals surface area contributed by atoms with Gasteiger partial charge in [0.25, 0.3) is 5.91 Å². The van der Waals surface area contributed by atoms with Gasteiger partial charge in [-0.2, -0.15) is 0 Å². The van der Waals surface area contributed by atoms with Gasteiger partial charge in [0, 0.05) is 22.5 Å². The summed E-state index contributed by atoms with van der Waals surface area (Å²) in [6.07, 6.45) is 4.90. The molecule has 1 amide bonds. The molecule has 104 valence electrons. The number of hydrogen-bond acceptors (Lipinski definition) is 1. The second-order valence-electron chi connectivity index (χ2n) is 5.48. The number of carbonyl (C=O) groups is 1. The van der Waals surface area contributed by atoms with Crippen LogP contribution in [0, 0.1) is 12.3 Å². The first kappa shape index (κ1) is 14.9. The lowest BCUT2D eigenvalue weighted by atomic mass is 9.88. The lowest BCUT2D eigenvalue weighted by molar-refractivity contribution is 0.0935. The van der Waals surface area contributed by atoms with Crippen molar-refractivity contribution in [2.24, 2.45) is 5.41 Å². The largest absolute Gasteiger partial charge is 0.351 e. The van der Waals surface area contributed by atoms with E-state index in [-0.39, 0.29) is 11.3 Å². The topological polar surface area (TPSA) is 29.1 Å². The second-order valence-corrected chi connectivity index (χ2v) is 6.48. The molecule has 1 N–H and O–H groups in total. The number of benzene rings is 1. The van der Waals surface area contributed by atoms with E-state index in [1.54, 1.807) is 6.07 Å². The van der Waals surface area contributed by atoms with Crippen molar-refractivity contribution in [1.29, 1.82) is 0 Å². The van der Waals surface area contributed by atoms with Crippen LogP contribution >= 0.6 is 27.5 Å². The summed E-state index contributed by atoms with van der Waals surface area (Å²) < 4.78 is 0. The highest BCUT2D eigenvalue weighted by Crippen LogP contribution is 2.39. The fraction of sp³-hybridized carbons (Fsp3) is 0.533. The Labute approximate surface area is 128 Å². The highest BCUT2D eigenvalue weighted by molar-refractivity contribution is 9.09. The predicted molar refractivity (Wildman–Crippen MR) is 83.2 cm³/mol. The smallest absolute Gasteiger partial charge is 0.251 e. The van der Waals surface area contributed by atoms with Crippen LogP contribution in [0.25, 0.3) is 0 Å². The number of halogens is 2. The highest BCUT2D eigenvalue weighted by atomic mass is 79.9. The SMILES string of the molecule is Cc1ccc(Cl)cc1C(=O)NCC1(CBr)CCCC1. The molecule has 0 atom stereocenters. The monoisotopic (exact) mass is 343 g/mol. The predicted octanol–water partition coefficient (Wildman–Crippen LogP) is 4.33. The number of carbonyl (C=O) groups excluding carboxylic acids is 1. The van der Waals surface area contributed by atoms with Crippen LogP contribution in [0.5, 0.6) is 0 Å². The zero-order valence-corrected chi connectivity index (χ0v) is 13.5. The van der Waals surface area contributed by atoms with Gasteiger partial charge in [-0.15, -0.1) is 0 Å². The molecule has 2 rings (SSSR count). The maximum Gasteiger partial charge on any atom is 0.251 e. The zero-order valence-electron chi connectivity index (χ0n) is 11.1. The van der Waals surface area contributed by atoms with Crippen LogP contribution in [0.15, 0.2) is 18.2 Å². The molecule has 1 aromatic carbocycles.